The number of rotatable bonds is 5. The summed E-state index contributed by atoms with van der Waals surface area (Å²) in [5.74, 6) is 0.432. The molecule has 1 amide bonds. The zero-order chi connectivity index (χ0) is 16.1. The SMILES string of the molecule is Cc1ccc(SCC(=O)Nc2ccc(N(C)C)cc2)c(C)c1. The second-order valence-corrected chi connectivity index (χ2v) is 6.56. The van der Waals surface area contributed by atoms with Gasteiger partial charge >= 0.3 is 0 Å². The van der Waals surface area contributed by atoms with E-state index >= 15 is 0 Å². The van der Waals surface area contributed by atoms with Crippen molar-refractivity contribution in [3.63, 3.8) is 0 Å². The first kappa shape index (κ1) is 16.4. The fraction of sp³-hybridized carbons (Fsp3) is 0.278. The van der Waals surface area contributed by atoms with Gasteiger partial charge in [0.25, 0.3) is 0 Å². The Morgan fingerprint density at radius 1 is 1.09 bits per heavy atom. The zero-order valence-corrected chi connectivity index (χ0v) is 14.3. The minimum atomic E-state index is 0.0163. The Labute approximate surface area is 136 Å². The molecule has 0 spiro atoms. The molecule has 1 N–H and O–H groups in total. The molecule has 0 unspecified atom stereocenters. The highest BCUT2D eigenvalue weighted by Gasteiger charge is 2.06. The van der Waals surface area contributed by atoms with Crippen molar-refractivity contribution in [3.05, 3.63) is 53.6 Å². The third kappa shape index (κ3) is 4.53. The van der Waals surface area contributed by atoms with Gasteiger partial charge in [0.15, 0.2) is 0 Å². The maximum absolute atomic E-state index is 12.0. The number of aryl methyl sites for hydroxylation is 2. The molecular formula is C18H22N2OS. The smallest absolute Gasteiger partial charge is 0.234 e. The third-order valence-electron chi connectivity index (χ3n) is 3.36. The average molecular weight is 314 g/mol. The van der Waals surface area contributed by atoms with E-state index in [-0.39, 0.29) is 5.91 Å². The van der Waals surface area contributed by atoms with Crippen LogP contribution in [0.5, 0.6) is 0 Å². The summed E-state index contributed by atoms with van der Waals surface area (Å²) in [5, 5.41) is 2.93. The Morgan fingerprint density at radius 2 is 1.77 bits per heavy atom. The summed E-state index contributed by atoms with van der Waals surface area (Å²) in [4.78, 5) is 15.2. The molecule has 22 heavy (non-hydrogen) atoms. The molecule has 0 saturated heterocycles. The summed E-state index contributed by atoms with van der Waals surface area (Å²) in [5.41, 5.74) is 4.40. The van der Waals surface area contributed by atoms with Crippen molar-refractivity contribution in [2.24, 2.45) is 0 Å². The fourth-order valence-corrected chi connectivity index (χ4v) is 2.95. The van der Waals surface area contributed by atoms with Crippen LogP contribution in [-0.2, 0) is 4.79 Å². The summed E-state index contributed by atoms with van der Waals surface area (Å²) in [6, 6.07) is 14.1. The first-order chi connectivity index (χ1) is 10.5. The van der Waals surface area contributed by atoms with Gasteiger partial charge in [-0.05, 0) is 49.7 Å². The highest BCUT2D eigenvalue weighted by atomic mass is 32.2. The van der Waals surface area contributed by atoms with Crippen LogP contribution in [0, 0.1) is 13.8 Å². The average Bonchev–Trinajstić information content (AvgIpc) is 2.47. The minimum Gasteiger partial charge on any atom is -0.378 e. The molecule has 0 atom stereocenters. The van der Waals surface area contributed by atoms with Gasteiger partial charge in [-0.3, -0.25) is 4.79 Å². The van der Waals surface area contributed by atoms with Crippen molar-refractivity contribution in [2.45, 2.75) is 18.7 Å². The van der Waals surface area contributed by atoms with E-state index in [0.29, 0.717) is 5.75 Å². The van der Waals surface area contributed by atoms with Crippen LogP contribution in [0.4, 0.5) is 11.4 Å². The summed E-state index contributed by atoms with van der Waals surface area (Å²) < 4.78 is 0. The van der Waals surface area contributed by atoms with Crippen LogP contribution in [0.25, 0.3) is 0 Å². The number of nitrogens with zero attached hydrogens (tertiary/aromatic N) is 1. The van der Waals surface area contributed by atoms with E-state index in [0.717, 1.165) is 16.3 Å². The quantitative estimate of drug-likeness (QED) is 0.843. The predicted molar refractivity (Wildman–Crippen MR) is 96.0 cm³/mol. The maximum Gasteiger partial charge on any atom is 0.234 e. The molecule has 116 valence electrons. The first-order valence-electron chi connectivity index (χ1n) is 7.23. The van der Waals surface area contributed by atoms with Crippen LogP contribution >= 0.6 is 11.8 Å². The minimum absolute atomic E-state index is 0.0163. The van der Waals surface area contributed by atoms with Gasteiger partial charge in [-0.1, -0.05) is 17.7 Å². The molecule has 0 aliphatic rings. The molecule has 3 nitrogen and oxygen atoms in total. The molecule has 2 aromatic carbocycles. The Morgan fingerprint density at radius 3 is 2.36 bits per heavy atom. The van der Waals surface area contributed by atoms with Crippen molar-refractivity contribution in [2.75, 3.05) is 30.1 Å². The van der Waals surface area contributed by atoms with Gasteiger partial charge in [0.05, 0.1) is 5.75 Å². The number of nitrogens with one attached hydrogen (secondary N) is 1. The predicted octanol–water partition coefficient (Wildman–Crippen LogP) is 4.10. The summed E-state index contributed by atoms with van der Waals surface area (Å²) in [6.45, 7) is 4.15. The molecule has 0 aromatic heterocycles. The topological polar surface area (TPSA) is 32.3 Å². The van der Waals surface area contributed by atoms with E-state index in [4.69, 9.17) is 0 Å². The normalized spacial score (nSPS) is 10.4. The number of carbonyl (C=O) groups is 1. The molecule has 0 aliphatic carbocycles. The van der Waals surface area contributed by atoms with Crippen LogP contribution in [0.2, 0.25) is 0 Å². The molecule has 0 aliphatic heterocycles. The number of benzene rings is 2. The van der Waals surface area contributed by atoms with Crippen molar-refractivity contribution >= 4 is 29.0 Å². The third-order valence-corrected chi connectivity index (χ3v) is 4.53. The number of carbonyl (C=O) groups excluding carboxylic acids is 1. The maximum atomic E-state index is 12.0. The lowest BCUT2D eigenvalue weighted by Gasteiger charge is -2.13. The largest absolute Gasteiger partial charge is 0.378 e. The zero-order valence-electron chi connectivity index (χ0n) is 13.5. The molecule has 2 rings (SSSR count). The van der Waals surface area contributed by atoms with Gasteiger partial charge in [0, 0.05) is 30.4 Å². The lowest BCUT2D eigenvalue weighted by molar-refractivity contribution is -0.113. The van der Waals surface area contributed by atoms with Crippen molar-refractivity contribution in [3.8, 4) is 0 Å². The van der Waals surface area contributed by atoms with E-state index in [2.05, 4.69) is 37.4 Å². The summed E-state index contributed by atoms with van der Waals surface area (Å²) in [7, 11) is 3.99. The highest BCUT2D eigenvalue weighted by molar-refractivity contribution is 8.00. The van der Waals surface area contributed by atoms with Crippen molar-refractivity contribution < 1.29 is 4.79 Å². The molecule has 0 radical (unpaired) electrons. The Hall–Kier alpha value is -1.94. The van der Waals surface area contributed by atoms with Crippen LogP contribution in [-0.4, -0.2) is 25.8 Å². The number of thioether (sulfide) groups is 1. The number of anilines is 2. The fourth-order valence-electron chi connectivity index (χ4n) is 2.14. The molecular weight excluding hydrogens is 292 g/mol. The van der Waals surface area contributed by atoms with Gasteiger partial charge in [-0.15, -0.1) is 11.8 Å². The Kier molecular flexibility index (Phi) is 5.50. The molecule has 0 heterocycles. The van der Waals surface area contributed by atoms with Crippen LogP contribution in [0.1, 0.15) is 11.1 Å². The Bertz CT molecular complexity index is 651. The molecule has 0 fully saturated rings. The van der Waals surface area contributed by atoms with Crippen LogP contribution < -0.4 is 10.2 Å². The summed E-state index contributed by atoms with van der Waals surface area (Å²) >= 11 is 1.57. The lowest BCUT2D eigenvalue weighted by atomic mass is 10.2. The van der Waals surface area contributed by atoms with E-state index in [1.807, 2.05) is 43.3 Å². The van der Waals surface area contributed by atoms with Gasteiger partial charge in [-0.2, -0.15) is 0 Å². The monoisotopic (exact) mass is 314 g/mol. The second kappa shape index (κ2) is 7.36. The van der Waals surface area contributed by atoms with Crippen LogP contribution in [0.3, 0.4) is 0 Å². The molecule has 0 saturated carbocycles. The standard InChI is InChI=1S/C18H22N2OS/c1-13-5-10-17(14(2)11-13)22-12-18(21)19-15-6-8-16(9-7-15)20(3)4/h5-11H,12H2,1-4H3,(H,19,21). The van der Waals surface area contributed by atoms with Gasteiger partial charge in [0.1, 0.15) is 0 Å². The van der Waals surface area contributed by atoms with Gasteiger partial charge in [-0.25, -0.2) is 0 Å². The lowest BCUT2D eigenvalue weighted by Crippen LogP contribution is -2.14. The first-order valence-corrected chi connectivity index (χ1v) is 8.21. The number of amides is 1. The number of hydrogen-bond donors (Lipinski definition) is 1. The second-order valence-electron chi connectivity index (χ2n) is 5.55. The van der Waals surface area contributed by atoms with E-state index < -0.39 is 0 Å². The van der Waals surface area contributed by atoms with Gasteiger partial charge < -0.3 is 10.2 Å². The number of hydrogen-bond acceptors (Lipinski definition) is 3. The van der Waals surface area contributed by atoms with Crippen LogP contribution in [0.15, 0.2) is 47.4 Å². The highest BCUT2D eigenvalue weighted by Crippen LogP contribution is 2.23. The van der Waals surface area contributed by atoms with E-state index in [1.165, 1.54) is 11.1 Å². The molecule has 0 bridgehead atoms. The summed E-state index contributed by atoms with van der Waals surface area (Å²) in [6.07, 6.45) is 0. The van der Waals surface area contributed by atoms with E-state index in [1.54, 1.807) is 11.8 Å². The molecule has 2 aromatic rings. The molecule has 4 heteroatoms. The van der Waals surface area contributed by atoms with Crippen molar-refractivity contribution in [1.82, 2.24) is 0 Å². The van der Waals surface area contributed by atoms with Crippen molar-refractivity contribution in [1.29, 1.82) is 0 Å². The Balaban J connectivity index is 1.90. The van der Waals surface area contributed by atoms with E-state index in [9.17, 15) is 4.79 Å². The van der Waals surface area contributed by atoms with Gasteiger partial charge in [0.2, 0.25) is 5.91 Å².